The predicted molar refractivity (Wildman–Crippen MR) is 97.3 cm³/mol. The molecule has 0 radical (unpaired) electrons. The zero-order valence-electron chi connectivity index (χ0n) is 13.7. The fraction of sp³-hybridized carbons (Fsp3) is 0.294. The van der Waals surface area contributed by atoms with Crippen molar-refractivity contribution in [3.05, 3.63) is 52.5 Å². The summed E-state index contributed by atoms with van der Waals surface area (Å²) in [7, 11) is -0.720. The molecule has 0 fully saturated rings. The maximum Gasteiger partial charge on any atom is 0.241 e. The minimum atomic E-state index is -3.68. The van der Waals surface area contributed by atoms with Gasteiger partial charge in [-0.25, -0.2) is 13.1 Å². The lowest BCUT2D eigenvalue weighted by atomic mass is 10.0. The number of hydrogen-bond acceptors (Lipinski definition) is 4. The molecular formula is C17H20BrNO4S. The van der Waals surface area contributed by atoms with E-state index >= 15 is 0 Å². The van der Waals surface area contributed by atoms with Gasteiger partial charge in [-0.3, -0.25) is 0 Å². The summed E-state index contributed by atoms with van der Waals surface area (Å²) in [6.45, 7) is 2.27. The van der Waals surface area contributed by atoms with Crippen LogP contribution >= 0.6 is 15.9 Å². The molecule has 2 aromatic carbocycles. The number of methoxy groups -OCH3 is 2. The van der Waals surface area contributed by atoms with Crippen molar-refractivity contribution in [2.45, 2.75) is 17.7 Å². The Hall–Kier alpha value is -1.57. The van der Waals surface area contributed by atoms with E-state index < -0.39 is 10.0 Å². The molecule has 0 unspecified atom stereocenters. The number of ether oxygens (including phenoxy) is 2. The second kappa shape index (κ2) is 8.00. The Morgan fingerprint density at radius 3 is 2.25 bits per heavy atom. The van der Waals surface area contributed by atoms with Crippen molar-refractivity contribution in [1.29, 1.82) is 0 Å². The Morgan fingerprint density at radius 2 is 1.67 bits per heavy atom. The highest BCUT2D eigenvalue weighted by molar-refractivity contribution is 9.10. The standard InChI is InChI=1S/C17H20BrNO4S/c1-12(13-7-5-4-6-8-13)11-19-24(20,21)17-10-16(23-3)15(22-2)9-14(17)18/h4-10,12,19H,11H2,1-3H3/t12-/m0/s1. The van der Waals surface area contributed by atoms with Crippen molar-refractivity contribution in [2.75, 3.05) is 20.8 Å². The molecule has 0 spiro atoms. The predicted octanol–water partition coefficient (Wildman–Crippen LogP) is 3.55. The molecule has 1 N–H and O–H groups in total. The van der Waals surface area contributed by atoms with E-state index in [-0.39, 0.29) is 10.8 Å². The first kappa shape index (κ1) is 18.8. The molecule has 0 heterocycles. The average Bonchev–Trinajstić information content (AvgIpc) is 2.59. The molecule has 0 bridgehead atoms. The number of sulfonamides is 1. The molecule has 0 aliphatic rings. The minimum absolute atomic E-state index is 0.0555. The molecule has 0 amide bonds. The van der Waals surface area contributed by atoms with Gasteiger partial charge in [0.05, 0.1) is 14.2 Å². The van der Waals surface area contributed by atoms with E-state index in [0.29, 0.717) is 22.5 Å². The quantitative estimate of drug-likeness (QED) is 0.753. The molecule has 0 aliphatic heterocycles. The monoisotopic (exact) mass is 413 g/mol. The highest BCUT2D eigenvalue weighted by Gasteiger charge is 2.22. The van der Waals surface area contributed by atoms with Gasteiger partial charge < -0.3 is 9.47 Å². The summed E-state index contributed by atoms with van der Waals surface area (Å²) in [5.41, 5.74) is 1.08. The van der Waals surface area contributed by atoms with Gasteiger partial charge in [-0.15, -0.1) is 0 Å². The lowest BCUT2D eigenvalue weighted by Gasteiger charge is -2.15. The second-order valence-corrected chi connectivity index (χ2v) is 7.89. The Bertz CT molecular complexity index is 794. The smallest absolute Gasteiger partial charge is 0.241 e. The average molecular weight is 414 g/mol. The lowest BCUT2D eigenvalue weighted by molar-refractivity contribution is 0.353. The molecule has 1 atom stereocenters. The van der Waals surface area contributed by atoms with Gasteiger partial charge in [0.15, 0.2) is 11.5 Å². The Morgan fingerprint density at radius 1 is 1.08 bits per heavy atom. The molecular weight excluding hydrogens is 394 g/mol. The van der Waals surface area contributed by atoms with Crippen molar-refractivity contribution in [3.63, 3.8) is 0 Å². The molecule has 7 heteroatoms. The van der Waals surface area contributed by atoms with Gasteiger partial charge in [-0.2, -0.15) is 0 Å². The van der Waals surface area contributed by atoms with Crippen LogP contribution in [0, 0.1) is 0 Å². The minimum Gasteiger partial charge on any atom is -0.493 e. The fourth-order valence-corrected chi connectivity index (χ4v) is 4.42. The summed E-state index contributed by atoms with van der Waals surface area (Å²) in [5, 5.41) is 0. The van der Waals surface area contributed by atoms with Crippen molar-refractivity contribution in [1.82, 2.24) is 4.72 Å². The van der Waals surface area contributed by atoms with Crippen LogP contribution in [0.4, 0.5) is 0 Å². The summed E-state index contributed by atoms with van der Waals surface area (Å²) in [5.74, 6) is 0.873. The van der Waals surface area contributed by atoms with Gasteiger partial charge in [0, 0.05) is 17.1 Å². The Balaban J connectivity index is 2.21. The van der Waals surface area contributed by atoms with Crippen LogP contribution in [-0.2, 0) is 10.0 Å². The molecule has 0 saturated carbocycles. The first-order chi connectivity index (χ1) is 11.4. The first-order valence-corrected chi connectivity index (χ1v) is 9.62. The van der Waals surface area contributed by atoms with Gasteiger partial charge in [-0.05, 0) is 33.5 Å². The summed E-state index contributed by atoms with van der Waals surface area (Å²) in [6, 6.07) is 12.8. The third-order valence-electron chi connectivity index (χ3n) is 3.68. The van der Waals surface area contributed by atoms with Gasteiger partial charge in [-0.1, -0.05) is 37.3 Å². The van der Waals surface area contributed by atoms with E-state index in [2.05, 4.69) is 20.7 Å². The zero-order valence-corrected chi connectivity index (χ0v) is 16.1. The van der Waals surface area contributed by atoms with Crippen molar-refractivity contribution >= 4 is 26.0 Å². The van der Waals surface area contributed by atoms with Gasteiger partial charge in [0.2, 0.25) is 10.0 Å². The largest absolute Gasteiger partial charge is 0.493 e. The Labute approximate surface area is 151 Å². The van der Waals surface area contributed by atoms with Gasteiger partial charge in [0.25, 0.3) is 0 Å². The third-order valence-corrected chi connectivity index (χ3v) is 6.06. The third kappa shape index (κ3) is 4.28. The molecule has 24 heavy (non-hydrogen) atoms. The summed E-state index contributed by atoms with van der Waals surface area (Å²) in [6.07, 6.45) is 0. The molecule has 130 valence electrons. The van der Waals surface area contributed by atoms with E-state index in [1.165, 1.54) is 20.3 Å². The van der Waals surface area contributed by atoms with Crippen molar-refractivity contribution < 1.29 is 17.9 Å². The maximum atomic E-state index is 12.6. The molecule has 0 saturated heterocycles. The van der Waals surface area contributed by atoms with E-state index in [9.17, 15) is 8.42 Å². The highest BCUT2D eigenvalue weighted by atomic mass is 79.9. The number of benzene rings is 2. The topological polar surface area (TPSA) is 64.6 Å². The highest BCUT2D eigenvalue weighted by Crippen LogP contribution is 2.35. The molecule has 2 aromatic rings. The van der Waals surface area contributed by atoms with Crippen molar-refractivity contribution in [3.8, 4) is 11.5 Å². The van der Waals surface area contributed by atoms with Crippen LogP contribution < -0.4 is 14.2 Å². The lowest BCUT2D eigenvalue weighted by Crippen LogP contribution is -2.28. The number of halogens is 1. The van der Waals surface area contributed by atoms with E-state index in [4.69, 9.17) is 9.47 Å². The van der Waals surface area contributed by atoms with E-state index in [1.54, 1.807) is 6.07 Å². The van der Waals surface area contributed by atoms with Gasteiger partial charge >= 0.3 is 0 Å². The van der Waals surface area contributed by atoms with Crippen LogP contribution in [0.25, 0.3) is 0 Å². The van der Waals surface area contributed by atoms with E-state index in [1.807, 2.05) is 37.3 Å². The van der Waals surface area contributed by atoms with Crippen LogP contribution in [0.3, 0.4) is 0 Å². The first-order valence-electron chi connectivity index (χ1n) is 7.35. The second-order valence-electron chi connectivity index (χ2n) is 5.30. The summed E-state index contributed by atoms with van der Waals surface area (Å²) < 4.78 is 38.7. The number of hydrogen-bond donors (Lipinski definition) is 1. The van der Waals surface area contributed by atoms with E-state index in [0.717, 1.165) is 5.56 Å². The fourth-order valence-electron chi connectivity index (χ4n) is 2.25. The van der Waals surface area contributed by atoms with Crippen LogP contribution in [0.2, 0.25) is 0 Å². The Kier molecular flexibility index (Phi) is 6.26. The normalized spacial score (nSPS) is 12.7. The SMILES string of the molecule is COc1cc(Br)c(S(=O)(=O)NC[C@H](C)c2ccccc2)cc1OC. The number of nitrogens with one attached hydrogen (secondary N) is 1. The molecule has 5 nitrogen and oxygen atoms in total. The van der Waals surface area contributed by atoms with Gasteiger partial charge in [0.1, 0.15) is 4.90 Å². The van der Waals surface area contributed by atoms with Crippen molar-refractivity contribution in [2.24, 2.45) is 0 Å². The zero-order chi connectivity index (χ0) is 17.7. The summed E-state index contributed by atoms with van der Waals surface area (Å²) >= 11 is 3.28. The number of rotatable bonds is 7. The van der Waals surface area contributed by atoms with Crippen LogP contribution in [-0.4, -0.2) is 29.2 Å². The van der Waals surface area contributed by atoms with Crippen LogP contribution in [0.1, 0.15) is 18.4 Å². The molecule has 0 aromatic heterocycles. The molecule has 0 aliphatic carbocycles. The maximum absolute atomic E-state index is 12.6. The van der Waals surface area contributed by atoms with Crippen LogP contribution in [0.5, 0.6) is 11.5 Å². The molecule has 2 rings (SSSR count). The summed E-state index contributed by atoms with van der Waals surface area (Å²) in [4.78, 5) is 0.111. The van der Waals surface area contributed by atoms with Crippen LogP contribution in [0.15, 0.2) is 51.8 Å².